The molecule has 198 valence electrons. The first-order chi connectivity index (χ1) is 16.8. The van der Waals surface area contributed by atoms with Gasteiger partial charge in [0.05, 0.1) is 26.3 Å². The fourth-order valence-corrected chi connectivity index (χ4v) is 3.95. The summed E-state index contributed by atoms with van der Waals surface area (Å²) in [5.74, 6) is -2.68. The molecule has 1 heterocycles. The summed E-state index contributed by atoms with van der Waals surface area (Å²) in [6.07, 6.45) is -0.978. The zero-order chi connectivity index (χ0) is 27.1. The Hall–Kier alpha value is -3.67. The molecule has 0 spiro atoms. The van der Waals surface area contributed by atoms with Gasteiger partial charge in [0.2, 0.25) is 11.8 Å². The number of ether oxygens (including phenoxy) is 3. The first-order valence-corrected chi connectivity index (χ1v) is 11.4. The third-order valence-corrected chi connectivity index (χ3v) is 5.54. The van der Waals surface area contributed by atoms with Crippen LogP contribution in [-0.2, 0) is 33.4 Å². The van der Waals surface area contributed by atoms with Crippen LogP contribution in [0.4, 0.5) is 4.79 Å². The monoisotopic (exact) mass is 506 g/mol. The fourth-order valence-electron chi connectivity index (χ4n) is 3.95. The standard InChI is InChI=1S/C24H34N4O8/c1-14-9-7-8-10-15(14)19-24(21(32)35-6,11-16(27-19)20(31)25-13-18(30)34-5)28-17(29)12-26-22(33)36-23(2,3)4/h7-10,16,19,27H,11-13H2,1-6H3,(H,25,31)(H,26,33)(H,28,29)/t16-,19-,24+/m1/s1. The Morgan fingerprint density at radius 2 is 1.69 bits per heavy atom. The number of carbonyl (C=O) groups excluding carboxylic acids is 5. The predicted octanol–water partition coefficient (Wildman–Crippen LogP) is 0.240. The Morgan fingerprint density at radius 1 is 1.03 bits per heavy atom. The zero-order valence-corrected chi connectivity index (χ0v) is 21.4. The van der Waals surface area contributed by atoms with Crippen LogP contribution in [0.15, 0.2) is 24.3 Å². The lowest BCUT2D eigenvalue weighted by Crippen LogP contribution is -2.59. The van der Waals surface area contributed by atoms with Crippen LogP contribution in [0.2, 0.25) is 0 Å². The number of hydrogen-bond donors (Lipinski definition) is 4. The van der Waals surface area contributed by atoms with Gasteiger partial charge in [0.25, 0.3) is 0 Å². The van der Waals surface area contributed by atoms with E-state index >= 15 is 0 Å². The van der Waals surface area contributed by atoms with Crippen LogP contribution in [0, 0.1) is 6.92 Å². The minimum absolute atomic E-state index is 0.177. The van der Waals surface area contributed by atoms with Crippen LogP contribution in [0.5, 0.6) is 0 Å². The first kappa shape index (κ1) is 28.6. The molecule has 0 aromatic heterocycles. The van der Waals surface area contributed by atoms with Crippen LogP contribution < -0.4 is 21.3 Å². The van der Waals surface area contributed by atoms with Crippen molar-refractivity contribution < 1.29 is 38.2 Å². The summed E-state index contributed by atoms with van der Waals surface area (Å²) in [4.78, 5) is 62.4. The summed E-state index contributed by atoms with van der Waals surface area (Å²) >= 11 is 0. The van der Waals surface area contributed by atoms with Crippen molar-refractivity contribution >= 4 is 29.8 Å². The molecule has 1 aromatic rings. The molecule has 0 radical (unpaired) electrons. The number of nitrogens with one attached hydrogen (secondary N) is 4. The average molecular weight is 507 g/mol. The molecule has 1 saturated heterocycles. The number of carbonyl (C=O) groups is 5. The number of aryl methyl sites for hydroxylation is 1. The van der Waals surface area contributed by atoms with E-state index in [1.54, 1.807) is 32.9 Å². The second kappa shape index (κ2) is 11.8. The van der Waals surface area contributed by atoms with Gasteiger partial charge in [-0.05, 0) is 38.8 Å². The number of rotatable bonds is 8. The van der Waals surface area contributed by atoms with Gasteiger partial charge in [-0.2, -0.15) is 0 Å². The maximum absolute atomic E-state index is 13.2. The third-order valence-electron chi connectivity index (χ3n) is 5.54. The summed E-state index contributed by atoms with van der Waals surface area (Å²) in [5.41, 5.74) is -0.989. The van der Waals surface area contributed by atoms with E-state index in [1.807, 2.05) is 19.1 Å². The maximum Gasteiger partial charge on any atom is 0.408 e. The number of methoxy groups -OCH3 is 2. The Morgan fingerprint density at radius 3 is 2.28 bits per heavy atom. The van der Waals surface area contributed by atoms with Crippen molar-refractivity contribution in [3.63, 3.8) is 0 Å². The highest BCUT2D eigenvalue weighted by Gasteiger charge is 2.57. The Balaban J connectivity index is 2.34. The van der Waals surface area contributed by atoms with Gasteiger partial charge >= 0.3 is 18.0 Å². The van der Waals surface area contributed by atoms with Crippen molar-refractivity contribution in [1.82, 2.24) is 21.3 Å². The smallest absolute Gasteiger partial charge is 0.408 e. The van der Waals surface area contributed by atoms with Gasteiger partial charge in [0, 0.05) is 6.42 Å². The Kier molecular flexibility index (Phi) is 9.40. The molecule has 1 aromatic carbocycles. The van der Waals surface area contributed by atoms with Crippen LogP contribution in [-0.4, -0.2) is 74.3 Å². The van der Waals surface area contributed by atoms with Gasteiger partial charge in [-0.15, -0.1) is 0 Å². The highest BCUT2D eigenvalue weighted by Crippen LogP contribution is 2.39. The first-order valence-electron chi connectivity index (χ1n) is 11.4. The average Bonchev–Trinajstić information content (AvgIpc) is 3.19. The third kappa shape index (κ3) is 7.17. The lowest BCUT2D eigenvalue weighted by Gasteiger charge is -2.34. The van der Waals surface area contributed by atoms with Gasteiger partial charge in [0.1, 0.15) is 18.7 Å². The molecule has 3 atom stereocenters. The minimum Gasteiger partial charge on any atom is -0.468 e. The molecule has 2 rings (SSSR count). The summed E-state index contributed by atoms with van der Waals surface area (Å²) in [6.45, 7) is 6.03. The van der Waals surface area contributed by atoms with Crippen molar-refractivity contribution in [1.29, 1.82) is 0 Å². The molecule has 1 aliphatic rings. The van der Waals surface area contributed by atoms with Crippen molar-refractivity contribution in [3.8, 4) is 0 Å². The van der Waals surface area contributed by atoms with E-state index in [0.29, 0.717) is 5.56 Å². The molecule has 0 bridgehead atoms. The Bertz CT molecular complexity index is 1010. The van der Waals surface area contributed by atoms with E-state index in [1.165, 1.54) is 14.2 Å². The van der Waals surface area contributed by atoms with Gasteiger partial charge in [0.15, 0.2) is 5.54 Å². The normalized spacial score (nSPS) is 21.2. The van der Waals surface area contributed by atoms with E-state index in [-0.39, 0.29) is 13.0 Å². The SMILES string of the molecule is COC(=O)CNC(=O)[C@H]1C[C@@](NC(=O)CNC(=O)OC(C)(C)C)(C(=O)OC)[C@@H](c2ccccc2C)N1. The molecule has 1 fully saturated rings. The molecule has 36 heavy (non-hydrogen) atoms. The van der Waals surface area contributed by atoms with Crippen molar-refractivity contribution in [2.75, 3.05) is 27.3 Å². The summed E-state index contributed by atoms with van der Waals surface area (Å²) in [7, 11) is 2.37. The van der Waals surface area contributed by atoms with Gasteiger partial charge in [-0.3, -0.25) is 19.7 Å². The van der Waals surface area contributed by atoms with E-state index in [4.69, 9.17) is 9.47 Å². The number of esters is 2. The quantitative estimate of drug-likeness (QED) is 0.286. The zero-order valence-electron chi connectivity index (χ0n) is 21.4. The van der Waals surface area contributed by atoms with E-state index < -0.39 is 59.6 Å². The lowest BCUT2D eigenvalue weighted by atomic mass is 9.83. The van der Waals surface area contributed by atoms with Crippen LogP contribution in [0.25, 0.3) is 0 Å². The molecular formula is C24H34N4O8. The van der Waals surface area contributed by atoms with Crippen molar-refractivity contribution in [2.45, 2.75) is 57.3 Å². The highest BCUT2D eigenvalue weighted by molar-refractivity contribution is 5.94. The minimum atomic E-state index is -1.69. The Labute approximate surface area is 209 Å². The van der Waals surface area contributed by atoms with E-state index in [0.717, 1.165) is 5.56 Å². The molecule has 0 unspecified atom stereocenters. The molecular weight excluding hydrogens is 472 g/mol. The van der Waals surface area contributed by atoms with Crippen LogP contribution in [0.3, 0.4) is 0 Å². The number of alkyl carbamates (subject to hydrolysis) is 1. The predicted molar refractivity (Wildman–Crippen MR) is 128 cm³/mol. The topological polar surface area (TPSA) is 161 Å². The summed E-state index contributed by atoms with van der Waals surface area (Å²) in [5, 5.41) is 10.6. The van der Waals surface area contributed by atoms with Crippen LogP contribution in [0.1, 0.15) is 44.4 Å². The van der Waals surface area contributed by atoms with E-state index in [2.05, 4.69) is 26.0 Å². The molecule has 12 heteroatoms. The number of amides is 3. The lowest BCUT2D eigenvalue weighted by molar-refractivity contribution is -0.151. The van der Waals surface area contributed by atoms with Gasteiger partial charge < -0.3 is 30.2 Å². The molecule has 0 saturated carbocycles. The largest absolute Gasteiger partial charge is 0.468 e. The van der Waals surface area contributed by atoms with Gasteiger partial charge in [-0.25, -0.2) is 9.59 Å². The highest BCUT2D eigenvalue weighted by atomic mass is 16.6. The number of hydrogen-bond acceptors (Lipinski definition) is 9. The molecule has 1 aliphatic heterocycles. The molecule has 3 amide bonds. The van der Waals surface area contributed by atoms with Crippen LogP contribution >= 0.6 is 0 Å². The number of benzene rings is 1. The summed E-state index contributed by atoms with van der Waals surface area (Å²) < 4.78 is 14.7. The second-order valence-electron chi connectivity index (χ2n) is 9.37. The maximum atomic E-state index is 13.2. The van der Waals surface area contributed by atoms with E-state index in [9.17, 15) is 24.0 Å². The van der Waals surface area contributed by atoms with Crippen molar-refractivity contribution in [2.24, 2.45) is 0 Å². The molecule has 4 N–H and O–H groups in total. The van der Waals surface area contributed by atoms with Crippen molar-refractivity contribution in [3.05, 3.63) is 35.4 Å². The van der Waals surface area contributed by atoms with Gasteiger partial charge in [-0.1, -0.05) is 24.3 Å². The fraction of sp³-hybridized carbons (Fsp3) is 0.542. The molecule has 0 aliphatic carbocycles. The summed E-state index contributed by atoms with van der Waals surface area (Å²) in [6, 6.07) is 5.36. The second-order valence-corrected chi connectivity index (χ2v) is 9.37. The molecule has 12 nitrogen and oxygen atoms in total.